The first-order valence-corrected chi connectivity index (χ1v) is 8.85. The van der Waals surface area contributed by atoms with E-state index in [1.807, 2.05) is 40.6 Å². The van der Waals surface area contributed by atoms with Crippen LogP contribution in [0.5, 0.6) is 0 Å². The Morgan fingerprint density at radius 1 is 1.12 bits per heavy atom. The van der Waals surface area contributed by atoms with E-state index in [9.17, 15) is 4.79 Å². The Balaban J connectivity index is 1.38. The molecule has 1 fully saturated rings. The molecule has 3 heterocycles. The number of amides is 1. The molecule has 0 radical (unpaired) electrons. The number of nitrogens with zero attached hydrogens (tertiary/aromatic N) is 3. The van der Waals surface area contributed by atoms with Gasteiger partial charge in [0.2, 0.25) is 0 Å². The Labute approximate surface area is 144 Å². The van der Waals surface area contributed by atoms with Gasteiger partial charge in [0.1, 0.15) is 5.69 Å². The predicted octanol–water partition coefficient (Wildman–Crippen LogP) is 3.37. The molecule has 1 aromatic carbocycles. The second kappa shape index (κ2) is 6.53. The summed E-state index contributed by atoms with van der Waals surface area (Å²) in [4.78, 5) is 23.0. The molecule has 0 N–H and O–H groups in total. The number of hydrogen-bond donors (Lipinski definition) is 0. The molecule has 120 valence electrons. The molecule has 4 rings (SSSR count). The minimum Gasteiger partial charge on any atom is -0.336 e. The van der Waals surface area contributed by atoms with Crippen LogP contribution in [0.4, 0.5) is 0 Å². The van der Waals surface area contributed by atoms with E-state index in [1.54, 1.807) is 23.7 Å². The van der Waals surface area contributed by atoms with Crippen molar-refractivity contribution in [3.8, 4) is 0 Å². The van der Waals surface area contributed by atoms with Crippen LogP contribution in [0.15, 0.2) is 60.2 Å². The van der Waals surface area contributed by atoms with Gasteiger partial charge in [-0.25, -0.2) is 4.98 Å². The standard InChI is InChI=1S/C19H17N3OS/c23-19(22-11-16(12-22)15-6-8-20-9-7-15)17-13-24-18(21-17)10-14-4-2-1-3-5-14/h1-9,13,16H,10-12H2. The molecule has 1 aliphatic heterocycles. The summed E-state index contributed by atoms with van der Waals surface area (Å²) in [5, 5.41) is 2.86. The summed E-state index contributed by atoms with van der Waals surface area (Å²) in [7, 11) is 0. The average Bonchev–Trinajstić information content (AvgIpc) is 3.04. The molecule has 0 aliphatic carbocycles. The molecule has 0 unspecified atom stereocenters. The maximum absolute atomic E-state index is 12.5. The quantitative estimate of drug-likeness (QED) is 0.734. The molecular weight excluding hydrogens is 318 g/mol. The van der Waals surface area contributed by atoms with Crippen molar-refractivity contribution in [2.24, 2.45) is 0 Å². The lowest BCUT2D eigenvalue weighted by Gasteiger charge is -2.39. The van der Waals surface area contributed by atoms with Crippen molar-refractivity contribution in [1.82, 2.24) is 14.9 Å². The van der Waals surface area contributed by atoms with Crippen molar-refractivity contribution >= 4 is 17.2 Å². The number of benzene rings is 1. The topological polar surface area (TPSA) is 46.1 Å². The van der Waals surface area contributed by atoms with Crippen molar-refractivity contribution in [3.05, 3.63) is 82.1 Å². The molecule has 0 saturated carbocycles. The lowest BCUT2D eigenvalue weighted by atomic mass is 9.92. The molecule has 1 amide bonds. The summed E-state index contributed by atoms with van der Waals surface area (Å²) in [6.07, 6.45) is 4.38. The second-order valence-electron chi connectivity index (χ2n) is 5.98. The predicted molar refractivity (Wildman–Crippen MR) is 94.2 cm³/mol. The van der Waals surface area contributed by atoms with Gasteiger partial charge < -0.3 is 4.90 Å². The number of carbonyl (C=O) groups is 1. The third-order valence-corrected chi connectivity index (χ3v) is 5.16. The van der Waals surface area contributed by atoms with Crippen LogP contribution in [0.3, 0.4) is 0 Å². The minimum absolute atomic E-state index is 0.0378. The minimum atomic E-state index is 0.0378. The maximum Gasteiger partial charge on any atom is 0.273 e. The number of pyridine rings is 1. The highest BCUT2D eigenvalue weighted by molar-refractivity contribution is 7.09. The Kier molecular flexibility index (Phi) is 4.09. The number of hydrogen-bond acceptors (Lipinski definition) is 4. The summed E-state index contributed by atoms with van der Waals surface area (Å²) in [6.45, 7) is 1.52. The van der Waals surface area contributed by atoms with Crippen LogP contribution in [0.1, 0.15) is 32.5 Å². The molecule has 0 atom stereocenters. The van der Waals surface area contributed by atoms with Gasteiger partial charge >= 0.3 is 0 Å². The van der Waals surface area contributed by atoms with Gasteiger partial charge in [0, 0.05) is 43.2 Å². The first-order valence-electron chi connectivity index (χ1n) is 7.97. The average molecular weight is 335 g/mol. The molecule has 4 nitrogen and oxygen atoms in total. The molecule has 2 aromatic heterocycles. The smallest absolute Gasteiger partial charge is 0.273 e. The number of rotatable bonds is 4. The molecular formula is C19H17N3OS. The van der Waals surface area contributed by atoms with Crippen LogP contribution in [-0.2, 0) is 6.42 Å². The zero-order valence-electron chi connectivity index (χ0n) is 13.1. The Hall–Kier alpha value is -2.53. The number of aromatic nitrogens is 2. The van der Waals surface area contributed by atoms with E-state index in [0.717, 1.165) is 24.5 Å². The molecule has 5 heteroatoms. The van der Waals surface area contributed by atoms with E-state index < -0.39 is 0 Å². The van der Waals surface area contributed by atoms with Crippen molar-refractivity contribution in [2.75, 3.05) is 13.1 Å². The van der Waals surface area contributed by atoms with Crippen LogP contribution in [0.2, 0.25) is 0 Å². The van der Waals surface area contributed by atoms with Gasteiger partial charge in [-0.2, -0.15) is 0 Å². The molecule has 1 aliphatic rings. The van der Waals surface area contributed by atoms with Crippen LogP contribution >= 0.6 is 11.3 Å². The Morgan fingerprint density at radius 3 is 2.62 bits per heavy atom. The monoisotopic (exact) mass is 335 g/mol. The van der Waals surface area contributed by atoms with Gasteiger partial charge in [-0.3, -0.25) is 9.78 Å². The highest BCUT2D eigenvalue weighted by atomic mass is 32.1. The fourth-order valence-corrected chi connectivity index (χ4v) is 3.72. The fraction of sp³-hybridized carbons (Fsp3) is 0.211. The number of likely N-dealkylation sites (tertiary alicyclic amines) is 1. The summed E-state index contributed by atoms with van der Waals surface area (Å²) < 4.78 is 0. The third-order valence-electron chi connectivity index (χ3n) is 4.32. The largest absolute Gasteiger partial charge is 0.336 e. The lowest BCUT2D eigenvalue weighted by Crippen LogP contribution is -2.48. The van der Waals surface area contributed by atoms with E-state index >= 15 is 0 Å². The van der Waals surface area contributed by atoms with Gasteiger partial charge in [-0.05, 0) is 23.3 Å². The van der Waals surface area contributed by atoms with Gasteiger partial charge in [0.25, 0.3) is 5.91 Å². The van der Waals surface area contributed by atoms with E-state index in [1.165, 1.54) is 11.1 Å². The highest BCUT2D eigenvalue weighted by Gasteiger charge is 2.33. The van der Waals surface area contributed by atoms with Gasteiger partial charge in [-0.15, -0.1) is 11.3 Å². The first kappa shape index (κ1) is 15.0. The maximum atomic E-state index is 12.5. The van der Waals surface area contributed by atoms with Gasteiger partial charge in [0.05, 0.1) is 5.01 Å². The summed E-state index contributed by atoms with van der Waals surface area (Å²) in [5.41, 5.74) is 3.03. The molecule has 0 spiro atoms. The highest BCUT2D eigenvalue weighted by Crippen LogP contribution is 2.28. The van der Waals surface area contributed by atoms with Crippen molar-refractivity contribution in [1.29, 1.82) is 0 Å². The normalized spacial score (nSPS) is 14.4. The van der Waals surface area contributed by atoms with Crippen LogP contribution in [0, 0.1) is 0 Å². The number of thiazole rings is 1. The van der Waals surface area contributed by atoms with Crippen molar-refractivity contribution in [3.63, 3.8) is 0 Å². The van der Waals surface area contributed by atoms with Crippen LogP contribution < -0.4 is 0 Å². The first-order chi connectivity index (χ1) is 11.8. The molecule has 1 saturated heterocycles. The van der Waals surface area contributed by atoms with Crippen LogP contribution in [0.25, 0.3) is 0 Å². The Bertz CT molecular complexity index is 826. The molecule has 0 bridgehead atoms. The zero-order valence-corrected chi connectivity index (χ0v) is 13.9. The fourth-order valence-electron chi connectivity index (χ4n) is 2.91. The van der Waals surface area contributed by atoms with Crippen LogP contribution in [-0.4, -0.2) is 33.9 Å². The van der Waals surface area contributed by atoms with Gasteiger partial charge in [-0.1, -0.05) is 30.3 Å². The van der Waals surface area contributed by atoms with Crippen molar-refractivity contribution < 1.29 is 4.79 Å². The SMILES string of the molecule is O=C(c1csc(Cc2ccccc2)n1)N1CC(c2ccncc2)C1. The van der Waals surface area contributed by atoms with Gasteiger partial charge in [0.15, 0.2) is 0 Å². The zero-order chi connectivity index (χ0) is 16.4. The molecule has 24 heavy (non-hydrogen) atoms. The van der Waals surface area contributed by atoms with E-state index in [0.29, 0.717) is 11.6 Å². The summed E-state index contributed by atoms with van der Waals surface area (Å²) in [5.74, 6) is 0.454. The molecule has 3 aromatic rings. The van der Waals surface area contributed by atoms with Crippen molar-refractivity contribution in [2.45, 2.75) is 12.3 Å². The Morgan fingerprint density at radius 2 is 1.88 bits per heavy atom. The summed E-state index contributed by atoms with van der Waals surface area (Å²) >= 11 is 1.56. The van der Waals surface area contributed by atoms with E-state index in [2.05, 4.69) is 22.1 Å². The van der Waals surface area contributed by atoms with E-state index in [4.69, 9.17) is 0 Å². The summed E-state index contributed by atoms with van der Waals surface area (Å²) in [6, 6.07) is 14.3. The second-order valence-corrected chi connectivity index (χ2v) is 6.92. The third kappa shape index (κ3) is 3.08. The van der Waals surface area contributed by atoms with E-state index in [-0.39, 0.29) is 5.91 Å². The lowest BCUT2D eigenvalue weighted by molar-refractivity contribution is 0.0597. The number of carbonyl (C=O) groups excluding carboxylic acids is 1.